The van der Waals surface area contributed by atoms with Crippen molar-refractivity contribution in [2.75, 3.05) is 0 Å². The molecule has 1 aromatic heterocycles. The highest BCUT2D eigenvalue weighted by Gasteiger charge is 1.99. The molecule has 80 valence electrons. The smallest absolute Gasteiger partial charge is 0.168 e. The normalized spacial score (nSPS) is 9.81. The van der Waals surface area contributed by atoms with Crippen molar-refractivity contribution in [3.05, 3.63) is 53.9 Å². The van der Waals surface area contributed by atoms with E-state index in [4.69, 9.17) is 4.74 Å². The zero-order chi connectivity index (χ0) is 11.4. The van der Waals surface area contributed by atoms with Crippen LogP contribution in [0.25, 0.3) is 0 Å². The van der Waals surface area contributed by atoms with Gasteiger partial charge in [-0.05, 0) is 30.7 Å². The third kappa shape index (κ3) is 2.45. The van der Waals surface area contributed by atoms with Crippen LogP contribution in [0.2, 0.25) is 0 Å². The maximum Gasteiger partial charge on any atom is 0.168 e. The van der Waals surface area contributed by atoms with Crippen LogP contribution >= 0.6 is 0 Å². The SMILES string of the molecule is Cc1cccc(Oc2ccnc(C=O)c2)c1. The highest BCUT2D eigenvalue weighted by Crippen LogP contribution is 2.21. The van der Waals surface area contributed by atoms with E-state index in [1.165, 1.54) is 0 Å². The van der Waals surface area contributed by atoms with Gasteiger partial charge in [0.15, 0.2) is 6.29 Å². The molecule has 0 N–H and O–H groups in total. The number of aldehydes is 1. The van der Waals surface area contributed by atoms with Gasteiger partial charge in [-0.15, -0.1) is 0 Å². The first-order chi connectivity index (χ1) is 7.78. The number of nitrogens with zero attached hydrogens (tertiary/aromatic N) is 1. The standard InChI is InChI=1S/C13H11NO2/c1-10-3-2-4-12(7-10)16-13-5-6-14-11(8-13)9-15/h2-9H,1H3. The molecule has 0 atom stereocenters. The predicted octanol–water partition coefficient (Wildman–Crippen LogP) is 2.99. The van der Waals surface area contributed by atoms with Gasteiger partial charge in [0.2, 0.25) is 0 Å². The zero-order valence-corrected chi connectivity index (χ0v) is 8.88. The molecule has 0 amide bonds. The number of ether oxygens (including phenoxy) is 1. The minimum atomic E-state index is 0.366. The predicted molar refractivity (Wildman–Crippen MR) is 60.9 cm³/mol. The molecule has 0 aliphatic heterocycles. The van der Waals surface area contributed by atoms with Crippen LogP contribution in [-0.2, 0) is 0 Å². The van der Waals surface area contributed by atoms with Gasteiger partial charge in [0.05, 0.1) is 0 Å². The first kappa shape index (κ1) is 10.4. The van der Waals surface area contributed by atoms with E-state index < -0.39 is 0 Å². The number of carbonyl (C=O) groups is 1. The Morgan fingerprint density at radius 2 is 2.00 bits per heavy atom. The van der Waals surface area contributed by atoms with Crippen molar-refractivity contribution in [3.63, 3.8) is 0 Å². The van der Waals surface area contributed by atoms with Gasteiger partial charge in [0.25, 0.3) is 0 Å². The number of benzene rings is 1. The third-order valence-electron chi connectivity index (χ3n) is 2.10. The van der Waals surface area contributed by atoms with Gasteiger partial charge < -0.3 is 4.74 Å². The Morgan fingerprint density at radius 3 is 2.75 bits per heavy atom. The Bertz CT molecular complexity index is 509. The van der Waals surface area contributed by atoms with E-state index in [9.17, 15) is 4.79 Å². The van der Waals surface area contributed by atoms with E-state index in [0.717, 1.165) is 11.3 Å². The molecule has 3 nitrogen and oxygen atoms in total. The van der Waals surface area contributed by atoms with Crippen LogP contribution in [0.1, 0.15) is 16.1 Å². The second-order valence-electron chi connectivity index (χ2n) is 3.45. The molecule has 0 saturated heterocycles. The molecular formula is C13H11NO2. The molecule has 3 heteroatoms. The molecule has 0 radical (unpaired) electrons. The second-order valence-corrected chi connectivity index (χ2v) is 3.45. The summed E-state index contributed by atoms with van der Waals surface area (Å²) in [5, 5.41) is 0. The number of hydrogen-bond acceptors (Lipinski definition) is 3. The highest BCUT2D eigenvalue weighted by atomic mass is 16.5. The number of rotatable bonds is 3. The number of hydrogen-bond donors (Lipinski definition) is 0. The quantitative estimate of drug-likeness (QED) is 0.736. The van der Waals surface area contributed by atoms with Crippen molar-refractivity contribution in [1.82, 2.24) is 4.98 Å². The average molecular weight is 213 g/mol. The van der Waals surface area contributed by atoms with Crippen LogP contribution in [0.15, 0.2) is 42.6 Å². The molecule has 0 fully saturated rings. The molecule has 2 rings (SSSR count). The molecule has 0 unspecified atom stereocenters. The van der Waals surface area contributed by atoms with E-state index in [1.807, 2.05) is 31.2 Å². The number of carbonyl (C=O) groups excluding carboxylic acids is 1. The molecule has 1 heterocycles. The van der Waals surface area contributed by atoms with Crippen LogP contribution in [0.4, 0.5) is 0 Å². The topological polar surface area (TPSA) is 39.2 Å². The summed E-state index contributed by atoms with van der Waals surface area (Å²) in [6.45, 7) is 2.00. The van der Waals surface area contributed by atoms with E-state index in [-0.39, 0.29) is 0 Å². The maximum atomic E-state index is 10.5. The molecule has 0 bridgehead atoms. The average Bonchev–Trinajstić information content (AvgIpc) is 2.29. The van der Waals surface area contributed by atoms with Crippen molar-refractivity contribution < 1.29 is 9.53 Å². The van der Waals surface area contributed by atoms with Gasteiger partial charge in [-0.1, -0.05) is 12.1 Å². The van der Waals surface area contributed by atoms with Gasteiger partial charge in [-0.25, -0.2) is 0 Å². The lowest BCUT2D eigenvalue weighted by Gasteiger charge is -2.05. The summed E-state index contributed by atoms with van der Waals surface area (Å²) in [6, 6.07) is 11.0. The minimum Gasteiger partial charge on any atom is -0.457 e. The summed E-state index contributed by atoms with van der Waals surface area (Å²) in [5.74, 6) is 1.37. The Labute approximate surface area is 93.7 Å². The molecule has 1 aromatic carbocycles. The van der Waals surface area contributed by atoms with Crippen LogP contribution < -0.4 is 4.74 Å². The number of pyridine rings is 1. The van der Waals surface area contributed by atoms with Crippen LogP contribution in [0.3, 0.4) is 0 Å². The summed E-state index contributed by atoms with van der Waals surface area (Å²) in [4.78, 5) is 14.4. The van der Waals surface area contributed by atoms with E-state index >= 15 is 0 Å². The Hall–Kier alpha value is -2.16. The van der Waals surface area contributed by atoms with Crippen molar-refractivity contribution in [1.29, 1.82) is 0 Å². The van der Waals surface area contributed by atoms with Gasteiger partial charge in [0.1, 0.15) is 17.2 Å². The summed E-state index contributed by atoms with van der Waals surface area (Å²) < 4.78 is 5.60. The first-order valence-electron chi connectivity index (χ1n) is 4.94. The Kier molecular flexibility index (Phi) is 2.96. The van der Waals surface area contributed by atoms with Crippen LogP contribution in [0, 0.1) is 6.92 Å². The van der Waals surface area contributed by atoms with E-state index in [0.29, 0.717) is 17.7 Å². The lowest BCUT2D eigenvalue weighted by atomic mass is 10.2. The minimum absolute atomic E-state index is 0.366. The summed E-state index contributed by atoms with van der Waals surface area (Å²) in [7, 11) is 0. The van der Waals surface area contributed by atoms with Crippen molar-refractivity contribution in [2.45, 2.75) is 6.92 Å². The zero-order valence-electron chi connectivity index (χ0n) is 8.88. The lowest BCUT2D eigenvalue weighted by Crippen LogP contribution is -1.89. The van der Waals surface area contributed by atoms with Gasteiger partial charge in [0, 0.05) is 12.3 Å². The van der Waals surface area contributed by atoms with E-state index in [2.05, 4.69) is 4.98 Å². The van der Waals surface area contributed by atoms with Crippen LogP contribution in [0.5, 0.6) is 11.5 Å². The monoisotopic (exact) mass is 213 g/mol. The largest absolute Gasteiger partial charge is 0.457 e. The van der Waals surface area contributed by atoms with Gasteiger partial charge >= 0.3 is 0 Å². The molecular weight excluding hydrogens is 202 g/mol. The van der Waals surface area contributed by atoms with E-state index in [1.54, 1.807) is 18.3 Å². The van der Waals surface area contributed by atoms with Crippen molar-refractivity contribution in [2.24, 2.45) is 0 Å². The Morgan fingerprint density at radius 1 is 1.19 bits per heavy atom. The molecule has 0 spiro atoms. The molecule has 0 aliphatic rings. The van der Waals surface area contributed by atoms with Crippen LogP contribution in [-0.4, -0.2) is 11.3 Å². The maximum absolute atomic E-state index is 10.5. The highest BCUT2D eigenvalue weighted by molar-refractivity contribution is 5.72. The lowest BCUT2D eigenvalue weighted by molar-refractivity contribution is 0.111. The number of aryl methyl sites for hydroxylation is 1. The summed E-state index contributed by atoms with van der Waals surface area (Å²) in [5.41, 5.74) is 1.49. The fourth-order valence-corrected chi connectivity index (χ4v) is 1.37. The third-order valence-corrected chi connectivity index (χ3v) is 2.10. The molecule has 2 aromatic rings. The van der Waals surface area contributed by atoms with Crippen molar-refractivity contribution >= 4 is 6.29 Å². The second kappa shape index (κ2) is 4.57. The fraction of sp³-hybridized carbons (Fsp3) is 0.0769. The number of aromatic nitrogens is 1. The van der Waals surface area contributed by atoms with Gasteiger partial charge in [-0.2, -0.15) is 0 Å². The Balaban J connectivity index is 2.23. The summed E-state index contributed by atoms with van der Waals surface area (Å²) >= 11 is 0. The van der Waals surface area contributed by atoms with Crippen molar-refractivity contribution in [3.8, 4) is 11.5 Å². The summed E-state index contributed by atoms with van der Waals surface area (Å²) in [6.07, 6.45) is 2.25. The molecule has 16 heavy (non-hydrogen) atoms. The molecule has 0 aliphatic carbocycles. The fourth-order valence-electron chi connectivity index (χ4n) is 1.37. The first-order valence-corrected chi connectivity index (χ1v) is 4.94. The van der Waals surface area contributed by atoms with Gasteiger partial charge in [-0.3, -0.25) is 9.78 Å². The molecule has 0 saturated carbocycles.